The van der Waals surface area contributed by atoms with E-state index in [9.17, 15) is 0 Å². The van der Waals surface area contributed by atoms with Gasteiger partial charge in [0.25, 0.3) is 0 Å². The molecule has 2 aromatic heterocycles. The quantitative estimate of drug-likeness (QED) is 0.669. The fourth-order valence-electron chi connectivity index (χ4n) is 0.696. The molecule has 0 unspecified atom stereocenters. The average Bonchev–Trinajstić information content (AvgIpc) is 2.59. The van der Waals surface area contributed by atoms with E-state index in [4.69, 9.17) is 0 Å². The Morgan fingerprint density at radius 1 is 1.50 bits per heavy atom. The molecule has 0 atom stereocenters. The van der Waals surface area contributed by atoms with Crippen molar-refractivity contribution in [1.29, 1.82) is 0 Å². The molecule has 0 bridgehead atoms. The molecule has 0 aromatic carbocycles. The summed E-state index contributed by atoms with van der Waals surface area (Å²) in [7, 11) is 0. The van der Waals surface area contributed by atoms with Crippen molar-refractivity contribution in [2.45, 2.75) is 0 Å². The minimum atomic E-state index is 0.263. The van der Waals surface area contributed by atoms with Crippen LogP contribution in [0.2, 0.25) is 0 Å². The fraction of sp³-hybridized carbons (Fsp3) is 0. The summed E-state index contributed by atoms with van der Waals surface area (Å²) in [6, 6.07) is 4.10. The Labute approximate surface area is 68.5 Å². The van der Waals surface area contributed by atoms with Crippen LogP contribution in [0.5, 0.6) is 0 Å². The molecular formula is C6H4N2SSe. The molecule has 0 radical (unpaired) electrons. The third kappa shape index (κ3) is 1.05. The standard InChI is InChI=1S/C6H4N2SSe/c1-2-6(9-3-1)5-4-10-8-7-5/h1-4H. The maximum absolute atomic E-state index is 4.00. The minimum absolute atomic E-state index is 0.263. The summed E-state index contributed by atoms with van der Waals surface area (Å²) in [5.41, 5.74) is 1.05. The van der Waals surface area contributed by atoms with Gasteiger partial charge in [0.1, 0.15) is 0 Å². The number of rotatable bonds is 1. The van der Waals surface area contributed by atoms with Gasteiger partial charge in [0, 0.05) is 0 Å². The van der Waals surface area contributed by atoms with E-state index in [0.29, 0.717) is 0 Å². The van der Waals surface area contributed by atoms with Crippen LogP contribution in [0.1, 0.15) is 0 Å². The van der Waals surface area contributed by atoms with Crippen LogP contribution >= 0.6 is 11.3 Å². The first-order valence-corrected chi connectivity index (χ1v) is 5.41. The predicted octanol–water partition coefficient (Wildman–Crippen LogP) is 1.26. The molecule has 2 aromatic rings. The Morgan fingerprint density at radius 2 is 2.50 bits per heavy atom. The van der Waals surface area contributed by atoms with Crippen LogP contribution in [-0.4, -0.2) is 23.9 Å². The van der Waals surface area contributed by atoms with E-state index in [-0.39, 0.29) is 14.7 Å². The van der Waals surface area contributed by atoms with Gasteiger partial charge in [-0.25, -0.2) is 0 Å². The van der Waals surface area contributed by atoms with Crippen LogP contribution < -0.4 is 0 Å². The number of nitrogens with zero attached hydrogens (tertiary/aromatic N) is 2. The molecule has 0 aliphatic heterocycles. The summed E-state index contributed by atoms with van der Waals surface area (Å²) in [6.45, 7) is 0. The number of hydrogen-bond acceptors (Lipinski definition) is 3. The average molecular weight is 215 g/mol. The fourth-order valence-corrected chi connectivity index (χ4v) is 2.50. The second kappa shape index (κ2) is 2.66. The van der Waals surface area contributed by atoms with Crippen molar-refractivity contribution < 1.29 is 0 Å². The Morgan fingerprint density at radius 3 is 3.10 bits per heavy atom. The second-order valence-corrected chi connectivity index (χ2v) is 3.99. The molecule has 0 fully saturated rings. The van der Waals surface area contributed by atoms with Crippen molar-refractivity contribution >= 4 is 26.1 Å². The first-order valence-electron chi connectivity index (χ1n) is 2.78. The summed E-state index contributed by atoms with van der Waals surface area (Å²) in [5, 5.41) is 6.06. The van der Waals surface area contributed by atoms with Crippen LogP contribution in [0, 0.1) is 0 Å². The molecule has 2 nitrogen and oxygen atoms in total. The molecule has 0 N–H and O–H groups in total. The molecule has 0 aliphatic rings. The summed E-state index contributed by atoms with van der Waals surface area (Å²) in [4.78, 5) is 3.32. The van der Waals surface area contributed by atoms with E-state index < -0.39 is 0 Å². The van der Waals surface area contributed by atoms with Crippen LogP contribution in [0.4, 0.5) is 0 Å². The van der Waals surface area contributed by atoms with E-state index in [2.05, 4.69) is 25.6 Å². The van der Waals surface area contributed by atoms with Gasteiger partial charge < -0.3 is 0 Å². The third-order valence-electron chi connectivity index (χ3n) is 1.13. The van der Waals surface area contributed by atoms with Gasteiger partial charge in [-0.1, -0.05) is 0 Å². The molecule has 0 saturated heterocycles. The molecule has 2 rings (SSSR count). The maximum atomic E-state index is 4.00. The summed E-state index contributed by atoms with van der Waals surface area (Å²) >= 11 is 1.97. The van der Waals surface area contributed by atoms with Crippen molar-refractivity contribution in [1.82, 2.24) is 9.19 Å². The van der Waals surface area contributed by atoms with Crippen LogP contribution in [-0.2, 0) is 0 Å². The zero-order chi connectivity index (χ0) is 6.81. The number of thiophene rings is 1. The van der Waals surface area contributed by atoms with Gasteiger partial charge in [-0.3, -0.25) is 0 Å². The van der Waals surface area contributed by atoms with Crippen LogP contribution in [0.15, 0.2) is 22.5 Å². The predicted molar refractivity (Wildman–Crippen MR) is 42.3 cm³/mol. The van der Waals surface area contributed by atoms with E-state index in [0.717, 1.165) is 5.69 Å². The Hall–Kier alpha value is -0.441. The summed E-state index contributed by atoms with van der Waals surface area (Å²) in [6.07, 6.45) is 0. The van der Waals surface area contributed by atoms with Crippen LogP contribution in [0.3, 0.4) is 0 Å². The van der Waals surface area contributed by atoms with Crippen molar-refractivity contribution in [3.8, 4) is 10.6 Å². The van der Waals surface area contributed by atoms with Crippen molar-refractivity contribution in [3.63, 3.8) is 0 Å². The van der Waals surface area contributed by atoms with E-state index in [1.54, 1.807) is 11.3 Å². The third-order valence-corrected chi connectivity index (χ3v) is 3.08. The molecular weight excluding hydrogens is 211 g/mol. The Kier molecular flexibility index (Phi) is 1.67. The van der Waals surface area contributed by atoms with E-state index in [1.807, 2.05) is 6.07 Å². The SMILES string of the molecule is c1csc(-c2c[se]nn2)c1. The van der Waals surface area contributed by atoms with Gasteiger partial charge in [-0.15, -0.1) is 0 Å². The number of hydrogen-bond donors (Lipinski definition) is 0. The molecule has 10 heavy (non-hydrogen) atoms. The molecule has 2 heterocycles. The van der Waals surface area contributed by atoms with Crippen molar-refractivity contribution in [2.24, 2.45) is 0 Å². The summed E-state index contributed by atoms with van der Waals surface area (Å²) in [5.74, 6) is 0. The molecule has 0 spiro atoms. The van der Waals surface area contributed by atoms with Gasteiger partial charge in [-0.2, -0.15) is 0 Å². The van der Waals surface area contributed by atoms with Gasteiger partial charge in [0.15, 0.2) is 0 Å². The Bertz CT molecular complexity index is 255. The molecule has 4 heteroatoms. The first-order chi connectivity index (χ1) is 4.97. The zero-order valence-corrected chi connectivity index (χ0v) is 7.55. The van der Waals surface area contributed by atoms with Gasteiger partial charge >= 0.3 is 68.3 Å². The van der Waals surface area contributed by atoms with Gasteiger partial charge in [0.2, 0.25) is 0 Å². The van der Waals surface area contributed by atoms with Gasteiger partial charge in [0.05, 0.1) is 0 Å². The number of aromatic nitrogens is 2. The molecule has 0 saturated carbocycles. The molecule has 0 aliphatic carbocycles. The second-order valence-electron chi connectivity index (χ2n) is 1.77. The van der Waals surface area contributed by atoms with E-state index in [1.165, 1.54) is 4.88 Å². The normalized spacial score (nSPS) is 10.0. The van der Waals surface area contributed by atoms with Crippen molar-refractivity contribution in [2.75, 3.05) is 0 Å². The van der Waals surface area contributed by atoms with Crippen molar-refractivity contribution in [3.05, 3.63) is 22.5 Å². The van der Waals surface area contributed by atoms with E-state index >= 15 is 0 Å². The zero-order valence-electron chi connectivity index (χ0n) is 5.02. The first kappa shape index (κ1) is 6.28. The topological polar surface area (TPSA) is 25.8 Å². The Balaban J connectivity index is 2.48. The van der Waals surface area contributed by atoms with Gasteiger partial charge in [-0.05, 0) is 0 Å². The summed E-state index contributed by atoms with van der Waals surface area (Å²) < 4.78 is 3.92. The molecule has 0 amide bonds. The molecule has 50 valence electrons. The monoisotopic (exact) mass is 216 g/mol. The van der Waals surface area contributed by atoms with Crippen LogP contribution in [0.25, 0.3) is 10.6 Å².